The maximum absolute atomic E-state index is 13.1. The van der Waals surface area contributed by atoms with E-state index in [1.165, 1.54) is 62.7 Å². The molecule has 142 valence electrons. The predicted molar refractivity (Wildman–Crippen MR) is 105 cm³/mol. The Bertz CT molecular complexity index is 626. The predicted octanol–water partition coefficient (Wildman–Crippen LogP) is 3.07. The minimum Gasteiger partial charge on any atom is -0.351 e. The van der Waals surface area contributed by atoms with E-state index < -0.39 is 0 Å². The second-order valence-electron chi connectivity index (χ2n) is 8.52. The van der Waals surface area contributed by atoms with Crippen LogP contribution < -0.4 is 10.6 Å². The molecule has 2 atom stereocenters. The first-order valence-corrected chi connectivity index (χ1v) is 10.6. The highest BCUT2D eigenvalue weighted by Crippen LogP contribution is 2.43. The van der Waals surface area contributed by atoms with Crippen molar-refractivity contribution >= 4 is 5.91 Å². The molecule has 1 aromatic rings. The van der Waals surface area contributed by atoms with Gasteiger partial charge in [-0.05, 0) is 62.4 Å². The van der Waals surface area contributed by atoms with Crippen LogP contribution in [0, 0.1) is 11.3 Å². The smallest absolute Gasteiger partial charge is 0.228 e. The molecule has 2 aliphatic heterocycles. The van der Waals surface area contributed by atoms with Crippen LogP contribution in [0.25, 0.3) is 0 Å². The lowest BCUT2D eigenvalue weighted by atomic mass is 9.67. The number of likely N-dealkylation sites (tertiary alicyclic amines) is 1. The second-order valence-corrected chi connectivity index (χ2v) is 8.52. The lowest BCUT2D eigenvalue weighted by Crippen LogP contribution is -2.47. The van der Waals surface area contributed by atoms with Crippen molar-refractivity contribution in [2.24, 2.45) is 11.3 Å². The fourth-order valence-electron chi connectivity index (χ4n) is 5.28. The quantitative estimate of drug-likeness (QED) is 0.853. The van der Waals surface area contributed by atoms with E-state index in [2.05, 4.69) is 39.8 Å². The van der Waals surface area contributed by atoms with Crippen molar-refractivity contribution < 1.29 is 4.79 Å². The Hall–Kier alpha value is -1.39. The van der Waals surface area contributed by atoms with Crippen LogP contribution in [0.1, 0.15) is 56.1 Å². The minimum absolute atomic E-state index is 0.153. The average molecular weight is 356 g/mol. The van der Waals surface area contributed by atoms with Crippen LogP contribution in [0.2, 0.25) is 0 Å². The Morgan fingerprint density at radius 2 is 1.92 bits per heavy atom. The Balaban J connectivity index is 1.40. The van der Waals surface area contributed by atoms with Crippen molar-refractivity contribution in [1.82, 2.24) is 15.5 Å². The third kappa shape index (κ3) is 3.67. The molecular formula is C22H33N3O. The van der Waals surface area contributed by atoms with Crippen LogP contribution in [-0.2, 0) is 17.9 Å². The molecule has 4 nitrogen and oxygen atoms in total. The summed E-state index contributed by atoms with van der Waals surface area (Å²) >= 11 is 0. The van der Waals surface area contributed by atoms with Crippen LogP contribution in [0.3, 0.4) is 0 Å². The van der Waals surface area contributed by atoms with Gasteiger partial charge in [0.05, 0.1) is 5.41 Å². The molecule has 4 heteroatoms. The molecule has 1 saturated carbocycles. The van der Waals surface area contributed by atoms with Gasteiger partial charge in [0.25, 0.3) is 0 Å². The first kappa shape index (κ1) is 18.0. The summed E-state index contributed by atoms with van der Waals surface area (Å²) in [4.78, 5) is 15.7. The van der Waals surface area contributed by atoms with E-state index >= 15 is 0 Å². The molecule has 0 radical (unpaired) electrons. The molecule has 0 unspecified atom stereocenters. The molecule has 3 aliphatic rings. The number of benzene rings is 1. The van der Waals surface area contributed by atoms with Crippen LogP contribution >= 0.6 is 0 Å². The summed E-state index contributed by atoms with van der Waals surface area (Å²) in [5.41, 5.74) is 2.50. The van der Waals surface area contributed by atoms with Crippen molar-refractivity contribution in [3.8, 4) is 0 Å². The number of rotatable bonds is 5. The number of carbonyl (C=O) groups excluding carboxylic acids is 1. The summed E-state index contributed by atoms with van der Waals surface area (Å²) in [5.74, 6) is 0.805. The van der Waals surface area contributed by atoms with Crippen LogP contribution in [0.5, 0.6) is 0 Å². The zero-order valence-corrected chi connectivity index (χ0v) is 15.9. The van der Waals surface area contributed by atoms with Gasteiger partial charge >= 0.3 is 0 Å². The summed E-state index contributed by atoms with van der Waals surface area (Å²) in [7, 11) is 0. The zero-order valence-electron chi connectivity index (χ0n) is 15.9. The molecular weight excluding hydrogens is 322 g/mol. The van der Waals surface area contributed by atoms with Gasteiger partial charge in [0.1, 0.15) is 0 Å². The standard InChI is InChI=1S/C22H33N3O/c26-21(22-11-5-4-10-20(22)15-23-17-22)24-14-18-8-2-3-9-19(18)16-25-12-6-1-7-13-25/h2-3,8-9,20,23H,1,4-7,10-17H2,(H,24,26)/t20-,22+/m0/s1. The summed E-state index contributed by atoms with van der Waals surface area (Å²) in [6, 6.07) is 8.64. The molecule has 1 aromatic carbocycles. The lowest BCUT2D eigenvalue weighted by molar-refractivity contribution is -0.134. The van der Waals surface area contributed by atoms with Crippen LogP contribution in [0.4, 0.5) is 0 Å². The second kappa shape index (κ2) is 8.10. The Labute approximate surface area is 157 Å². The Kier molecular flexibility index (Phi) is 5.60. The molecule has 2 heterocycles. The molecule has 2 saturated heterocycles. The average Bonchev–Trinajstić information content (AvgIpc) is 3.13. The number of piperidine rings is 1. The number of fused-ring (bicyclic) bond motifs is 1. The molecule has 2 N–H and O–H groups in total. The fraction of sp³-hybridized carbons (Fsp3) is 0.682. The monoisotopic (exact) mass is 355 g/mol. The van der Waals surface area contributed by atoms with E-state index in [-0.39, 0.29) is 11.3 Å². The fourth-order valence-corrected chi connectivity index (χ4v) is 5.28. The third-order valence-electron chi connectivity index (χ3n) is 6.89. The Morgan fingerprint density at radius 1 is 1.12 bits per heavy atom. The van der Waals surface area contributed by atoms with Gasteiger partial charge in [-0.15, -0.1) is 0 Å². The van der Waals surface area contributed by atoms with Gasteiger partial charge in [-0.1, -0.05) is 43.5 Å². The van der Waals surface area contributed by atoms with Gasteiger partial charge in [-0.25, -0.2) is 0 Å². The van der Waals surface area contributed by atoms with Crippen molar-refractivity contribution in [3.63, 3.8) is 0 Å². The third-order valence-corrected chi connectivity index (χ3v) is 6.89. The highest BCUT2D eigenvalue weighted by atomic mass is 16.2. The van der Waals surface area contributed by atoms with Gasteiger partial charge in [0.2, 0.25) is 5.91 Å². The van der Waals surface area contributed by atoms with Crippen LogP contribution in [-0.4, -0.2) is 37.0 Å². The molecule has 0 aromatic heterocycles. The topological polar surface area (TPSA) is 44.4 Å². The number of carbonyl (C=O) groups is 1. The largest absolute Gasteiger partial charge is 0.351 e. The molecule has 1 aliphatic carbocycles. The molecule has 4 rings (SSSR count). The first-order valence-electron chi connectivity index (χ1n) is 10.6. The number of hydrogen-bond donors (Lipinski definition) is 2. The number of nitrogens with one attached hydrogen (secondary N) is 2. The van der Waals surface area contributed by atoms with Gasteiger partial charge in [-0.2, -0.15) is 0 Å². The van der Waals surface area contributed by atoms with Crippen LogP contribution in [0.15, 0.2) is 24.3 Å². The van der Waals surface area contributed by atoms with E-state index in [4.69, 9.17) is 0 Å². The van der Waals surface area contributed by atoms with E-state index in [1.54, 1.807) is 0 Å². The van der Waals surface area contributed by atoms with Gasteiger partial charge in [0.15, 0.2) is 0 Å². The number of hydrogen-bond acceptors (Lipinski definition) is 3. The van der Waals surface area contributed by atoms with Crippen molar-refractivity contribution in [2.75, 3.05) is 26.2 Å². The van der Waals surface area contributed by atoms with Crippen molar-refractivity contribution in [1.29, 1.82) is 0 Å². The van der Waals surface area contributed by atoms with Gasteiger partial charge in [0, 0.05) is 19.6 Å². The summed E-state index contributed by atoms with van der Waals surface area (Å²) in [6.45, 7) is 5.96. The molecule has 26 heavy (non-hydrogen) atoms. The molecule has 0 spiro atoms. The van der Waals surface area contributed by atoms with Crippen molar-refractivity contribution in [2.45, 2.75) is 58.0 Å². The normalized spacial score (nSPS) is 29.3. The maximum atomic E-state index is 13.1. The highest BCUT2D eigenvalue weighted by Gasteiger charge is 2.49. The van der Waals surface area contributed by atoms with Crippen molar-refractivity contribution in [3.05, 3.63) is 35.4 Å². The molecule has 3 fully saturated rings. The number of amides is 1. The van der Waals surface area contributed by atoms with Gasteiger partial charge in [-0.3, -0.25) is 9.69 Å². The summed E-state index contributed by atoms with van der Waals surface area (Å²) in [6.07, 6.45) is 8.71. The summed E-state index contributed by atoms with van der Waals surface area (Å²) in [5, 5.41) is 6.79. The minimum atomic E-state index is -0.153. The lowest BCUT2D eigenvalue weighted by Gasteiger charge is -2.37. The zero-order chi connectivity index (χ0) is 17.8. The number of nitrogens with zero attached hydrogens (tertiary/aromatic N) is 1. The first-order chi connectivity index (χ1) is 12.8. The van der Waals surface area contributed by atoms with E-state index in [0.29, 0.717) is 12.5 Å². The van der Waals surface area contributed by atoms with Gasteiger partial charge < -0.3 is 10.6 Å². The van der Waals surface area contributed by atoms with E-state index in [9.17, 15) is 4.79 Å². The summed E-state index contributed by atoms with van der Waals surface area (Å²) < 4.78 is 0. The van der Waals surface area contributed by atoms with E-state index in [0.717, 1.165) is 26.1 Å². The highest BCUT2D eigenvalue weighted by molar-refractivity contribution is 5.83. The molecule has 1 amide bonds. The van der Waals surface area contributed by atoms with E-state index in [1.807, 2.05) is 0 Å². The Morgan fingerprint density at radius 3 is 2.77 bits per heavy atom. The SMILES string of the molecule is O=C(NCc1ccccc1CN1CCCCC1)[C@@]12CCCC[C@H]1CNC2. The molecule has 0 bridgehead atoms. The maximum Gasteiger partial charge on any atom is 0.228 e.